The van der Waals surface area contributed by atoms with Gasteiger partial charge in [0.25, 0.3) is 0 Å². The predicted octanol–water partition coefficient (Wildman–Crippen LogP) is 5.75. The van der Waals surface area contributed by atoms with Crippen molar-refractivity contribution >= 4 is 23.2 Å². The summed E-state index contributed by atoms with van der Waals surface area (Å²) in [5.74, 6) is 0.259. The highest BCUT2D eigenvalue weighted by molar-refractivity contribution is 6.31. The van der Waals surface area contributed by atoms with E-state index in [4.69, 9.17) is 23.2 Å². The van der Waals surface area contributed by atoms with E-state index in [1.54, 1.807) is 36.8 Å². The maximum Gasteiger partial charge on any atom is 0.123 e. The molecule has 3 radical (unpaired) electrons. The molecule has 24 heavy (non-hydrogen) atoms. The molecule has 0 aliphatic rings. The third kappa shape index (κ3) is 3.66. The molecule has 0 fully saturated rings. The highest BCUT2D eigenvalue weighted by atomic mass is 35.5. The van der Waals surface area contributed by atoms with E-state index in [1.807, 2.05) is 24.3 Å². The third-order valence-corrected chi connectivity index (χ3v) is 4.02. The standard InChI is InChI=1S/C20H13Cl2O2/c21-15-7-9-19(23)14(11-15)6-5-13-3-1-2-4-17(13)18-12-16(22)8-10-20(18)24/h1-4,6-12,23-24H. The number of aromatic hydroxyl groups is 2. The van der Waals surface area contributed by atoms with Crippen molar-refractivity contribution in [1.82, 2.24) is 0 Å². The lowest BCUT2D eigenvalue weighted by Gasteiger charge is -2.11. The molecule has 0 heterocycles. The molecule has 2 nitrogen and oxygen atoms in total. The number of phenols is 2. The summed E-state index contributed by atoms with van der Waals surface area (Å²) in [5, 5.41) is 21.1. The van der Waals surface area contributed by atoms with Crippen LogP contribution in [-0.2, 0) is 0 Å². The second-order valence-electron chi connectivity index (χ2n) is 5.20. The van der Waals surface area contributed by atoms with Crippen LogP contribution in [0, 0.1) is 12.8 Å². The van der Waals surface area contributed by atoms with Gasteiger partial charge in [-0.05, 0) is 47.5 Å². The zero-order valence-electron chi connectivity index (χ0n) is 12.5. The number of rotatable bonds is 4. The molecule has 4 heteroatoms. The number of hydrogen-bond donors (Lipinski definition) is 2. The van der Waals surface area contributed by atoms with Crippen LogP contribution in [0.15, 0.2) is 60.7 Å². The molecule has 0 aliphatic carbocycles. The number of phenolic OH excluding ortho intramolecular Hbond substituents is 2. The van der Waals surface area contributed by atoms with Crippen LogP contribution in [0.25, 0.3) is 11.1 Å². The van der Waals surface area contributed by atoms with Gasteiger partial charge in [0.15, 0.2) is 0 Å². The van der Waals surface area contributed by atoms with Gasteiger partial charge in [-0.25, -0.2) is 0 Å². The van der Waals surface area contributed by atoms with E-state index in [1.165, 1.54) is 6.07 Å². The van der Waals surface area contributed by atoms with Crippen LogP contribution in [0.4, 0.5) is 0 Å². The van der Waals surface area contributed by atoms with Crippen molar-refractivity contribution in [3.63, 3.8) is 0 Å². The van der Waals surface area contributed by atoms with Gasteiger partial charge in [0.1, 0.15) is 11.5 Å². The van der Waals surface area contributed by atoms with Gasteiger partial charge < -0.3 is 10.2 Å². The first-order valence-corrected chi connectivity index (χ1v) is 7.96. The molecule has 3 aromatic rings. The topological polar surface area (TPSA) is 40.5 Å². The third-order valence-electron chi connectivity index (χ3n) is 3.55. The Morgan fingerprint density at radius 1 is 0.750 bits per heavy atom. The molecule has 0 aliphatic heterocycles. The van der Waals surface area contributed by atoms with Crippen molar-refractivity contribution in [3.8, 4) is 22.6 Å². The van der Waals surface area contributed by atoms with Crippen molar-refractivity contribution in [3.05, 3.63) is 94.7 Å². The average Bonchev–Trinajstić information content (AvgIpc) is 2.58. The van der Waals surface area contributed by atoms with E-state index < -0.39 is 0 Å². The fourth-order valence-corrected chi connectivity index (χ4v) is 2.72. The first-order chi connectivity index (χ1) is 11.5. The minimum Gasteiger partial charge on any atom is -0.508 e. The van der Waals surface area contributed by atoms with Gasteiger partial charge in [-0.2, -0.15) is 0 Å². The van der Waals surface area contributed by atoms with Crippen LogP contribution in [-0.4, -0.2) is 10.2 Å². The molecule has 0 atom stereocenters. The van der Waals surface area contributed by atoms with E-state index >= 15 is 0 Å². The summed E-state index contributed by atoms with van der Waals surface area (Å²) in [6.45, 7) is 0. The van der Waals surface area contributed by atoms with Gasteiger partial charge in [0.2, 0.25) is 0 Å². The summed E-state index contributed by atoms with van der Waals surface area (Å²) in [5.41, 5.74) is 2.73. The number of benzene rings is 3. The molecule has 0 spiro atoms. The fourth-order valence-electron chi connectivity index (χ4n) is 2.36. The molecule has 0 saturated heterocycles. The van der Waals surface area contributed by atoms with Crippen molar-refractivity contribution in [2.45, 2.75) is 0 Å². The van der Waals surface area contributed by atoms with Crippen LogP contribution in [0.2, 0.25) is 10.0 Å². The maximum atomic E-state index is 10.1. The van der Waals surface area contributed by atoms with Crippen molar-refractivity contribution in [2.24, 2.45) is 0 Å². The van der Waals surface area contributed by atoms with Crippen LogP contribution in [0.3, 0.4) is 0 Å². The molecular weight excluding hydrogens is 343 g/mol. The summed E-state index contributed by atoms with van der Waals surface area (Å²) >= 11 is 12.0. The Balaban J connectivity index is 1.92. The van der Waals surface area contributed by atoms with E-state index in [0.29, 0.717) is 21.2 Å². The second-order valence-corrected chi connectivity index (χ2v) is 6.07. The lowest BCUT2D eigenvalue weighted by molar-refractivity contribution is 0.472. The van der Waals surface area contributed by atoms with E-state index in [-0.39, 0.29) is 11.5 Å². The Kier molecular flexibility index (Phi) is 4.98. The summed E-state index contributed by atoms with van der Waals surface area (Å²) in [6.07, 6.45) is 4.80. The van der Waals surface area contributed by atoms with Gasteiger partial charge >= 0.3 is 0 Å². The van der Waals surface area contributed by atoms with Gasteiger partial charge in [0, 0.05) is 34.0 Å². The van der Waals surface area contributed by atoms with E-state index in [2.05, 4.69) is 6.42 Å². The fraction of sp³-hybridized carbons (Fsp3) is 0. The number of hydrogen-bond acceptors (Lipinski definition) is 2. The van der Waals surface area contributed by atoms with Gasteiger partial charge in [-0.1, -0.05) is 47.5 Å². The predicted molar refractivity (Wildman–Crippen MR) is 97.4 cm³/mol. The maximum absolute atomic E-state index is 10.1. The summed E-state index contributed by atoms with van der Waals surface area (Å²) < 4.78 is 0. The molecule has 3 rings (SSSR count). The monoisotopic (exact) mass is 355 g/mol. The highest BCUT2D eigenvalue weighted by Gasteiger charge is 2.11. The molecular formula is C20H13Cl2O2. The minimum atomic E-state index is 0.120. The Labute approximate surface area is 150 Å². The van der Waals surface area contributed by atoms with Gasteiger partial charge in [0.05, 0.1) is 0 Å². The summed E-state index contributed by atoms with van der Waals surface area (Å²) in [7, 11) is 0. The molecule has 2 N–H and O–H groups in total. The second kappa shape index (κ2) is 7.16. The quantitative estimate of drug-likeness (QED) is 0.625. The Morgan fingerprint density at radius 2 is 1.42 bits per heavy atom. The molecule has 0 saturated carbocycles. The first kappa shape index (κ1) is 16.7. The Hall–Kier alpha value is -2.16. The first-order valence-electron chi connectivity index (χ1n) is 7.21. The largest absolute Gasteiger partial charge is 0.508 e. The molecule has 0 aromatic heterocycles. The molecule has 119 valence electrons. The summed E-state index contributed by atoms with van der Waals surface area (Å²) in [6, 6.07) is 17.2. The van der Waals surface area contributed by atoms with Gasteiger partial charge in [-0.3, -0.25) is 0 Å². The zero-order chi connectivity index (χ0) is 17.1. The van der Waals surface area contributed by atoms with Crippen molar-refractivity contribution in [1.29, 1.82) is 0 Å². The van der Waals surface area contributed by atoms with E-state index in [9.17, 15) is 10.2 Å². The summed E-state index contributed by atoms with van der Waals surface area (Å²) in [4.78, 5) is 0. The van der Waals surface area contributed by atoms with Crippen molar-refractivity contribution in [2.75, 3.05) is 0 Å². The number of halogens is 2. The van der Waals surface area contributed by atoms with Crippen LogP contribution in [0.5, 0.6) is 11.5 Å². The van der Waals surface area contributed by atoms with Crippen LogP contribution >= 0.6 is 23.2 Å². The smallest absolute Gasteiger partial charge is 0.123 e. The molecule has 0 unspecified atom stereocenters. The lowest BCUT2D eigenvalue weighted by Crippen LogP contribution is -1.91. The molecule has 3 aromatic carbocycles. The lowest BCUT2D eigenvalue weighted by atomic mass is 9.94. The average molecular weight is 356 g/mol. The Morgan fingerprint density at radius 3 is 2.21 bits per heavy atom. The SMILES string of the molecule is Oc1ccc(Cl)cc1[CH][C]c1ccccc1-c1cc(Cl)ccc1O. The normalized spacial score (nSPS) is 10.8. The zero-order valence-corrected chi connectivity index (χ0v) is 14.0. The highest BCUT2D eigenvalue weighted by Crippen LogP contribution is 2.35. The van der Waals surface area contributed by atoms with Crippen molar-refractivity contribution < 1.29 is 10.2 Å². The van der Waals surface area contributed by atoms with Crippen LogP contribution < -0.4 is 0 Å². The van der Waals surface area contributed by atoms with Crippen LogP contribution in [0.1, 0.15) is 11.1 Å². The Bertz CT molecular complexity index is 875. The van der Waals surface area contributed by atoms with E-state index in [0.717, 1.165) is 11.1 Å². The molecule has 0 bridgehead atoms. The minimum absolute atomic E-state index is 0.120. The molecule has 0 amide bonds. The van der Waals surface area contributed by atoms with Gasteiger partial charge in [-0.15, -0.1) is 0 Å².